The van der Waals surface area contributed by atoms with Gasteiger partial charge < -0.3 is 10.5 Å². The fourth-order valence-corrected chi connectivity index (χ4v) is 2.45. The van der Waals surface area contributed by atoms with Crippen LogP contribution in [0.4, 0.5) is 0 Å². The normalized spacial score (nSPS) is 10.9. The predicted octanol–water partition coefficient (Wildman–Crippen LogP) is 4.42. The van der Waals surface area contributed by atoms with Crippen molar-refractivity contribution in [2.45, 2.75) is 33.2 Å². The maximum atomic E-state index is 6.27. The molecule has 106 valence electrons. The highest BCUT2D eigenvalue weighted by Gasteiger charge is 2.12. The van der Waals surface area contributed by atoms with Crippen molar-refractivity contribution >= 4 is 11.6 Å². The lowest BCUT2D eigenvalue weighted by atomic mass is 10.0. The van der Waals surface area contributed by atoms with Crippen molar-refractivity contribution in [1.82, 2.24) is 4.98 Å². The largest absolute Gasteiger partial charge is 0.455 e. The molecule has 0 bridgehead atoms. The molecular weight excluding hydrogens is 272 g/mol. The Kier molecular flexibility index (Phi) is 4.63. The van der Waals surface area contributed by atoms with Crippen LogP contribution in [0.3, 0.4) is 0 Å². The fourth-order valence-electron chi connectivity index (χ4n) is 2.01. The molecule has 0 aliphatic carbocycles. The van der Waals surface area contributed by atoms with Gasteiger partial charge in [-0.3, -0.25) is 4.98 Å². The molecule has 0 fully saturated rings. The molecule has 4 heteroatoms. The third-order valence-electron chi connectivity index (χ3n) is 3.23. The van der Waals surface area contributed by atoms with E-state index in [2.05, 4.69) is 18.8 Å². The summed E-state index contributed by atoms with van der Waals surface area (Å²) in [5, 5.41) is 0.773. The maximum Gasteiger partial charge on any atom is 0.150 e. The van der Waals surface area contributed by atoms with Crippen molar-refractivity contribution in [3.63, 3.8) is 0 Å². The van der Waals surface area contributed by atoms with Crippen LogP contribution in [-0.4, -0.2) is 4.98 Å². The minimum absolute atomic E-state index is 0.341. The van der Waals surface area contributed by atoms with E-state index in [1.807, 2.05) is 25.1 Å². The second kappa shape index (κ2) is 6.25. The van der Waals surface area contributed by atoms with E-state index in [-0.39, 0.29) is 0 Å². The molecule has 0 spiro atoms. The smallest absolute Gasteiger partial charge is 0.150 e. The van der Waals surface area contributed by atoms with E-state index in [0.29, 0.717) is 18.2 Å². The van der Waals surface area contributed by atoms with Gasteiger partial charge in [0, 0.05) is 23.3 Å². The highest BCUT2D eigenvalue weighted by Crippen LogP contribution is 2.34. The molecule has 0 radical (unpaired) electrons. The molecule has 3 nitrogen and oxygen atoms in total. The molecule has 0 saturated carbocycles. The van der Waals surface area contributed by atoms with E-state index in [0.717, 1.165) is 27.5 Å². The van der Waals surface area contributed by atoms with Gasteiger partial charge in [0.15, 0.2) is 0 Å². The van der Waals surface area contributed by atoms with Gasteiger partial charge >= 0.3 is 0 Å². The molecule has 0 amide bonds. The van der Waals surface area contributed by atoms with Crippen molar-refractivity contribution in [2.75, 3.05) is 0 Å². The minimum atomic E-state index is 0.341. The molecule has 0 aliphatic rings. The lowest BCUT2D eigenvalue weighted by Gasteiger charge is -2.15. The number of aryl methyl sites for hydroxylation is 1. The molecule has 1 aromatic carbocycles. The molecule has 0 saturated heterocycles. The number of aromatic nitrogens is 1. The van der Waals surface area contributed by atoms with E-state index < -0.39 is 0 Å². The first-order valence-electron chi connectivity index (χ1n) is 6.63. The molecule has 0 unspecified atom stereocenters. The van der Waals surface area contributed by atoms with E-state index in [4.69, 9.17) is 22.1 Å². The Morgan fingerprint density at radius 2 is 2.05 bits per heavy atom. The Morgan fingerprint density at radius 1 is 1.30 bits per heavy atom. The van der Waals surface area contributed by atoms with Crippen LogP contribution in [0.15, 0.2) is 30.6 Å². The van der Waals surface area contributed by atoms with Crippen molar-refractivity contribution < 1.29 is 4.74 Å². The predicted molar refractivity (Wildman–Crippen MR) is 82.5 cm³/mol. The van der Waals surface area contributed by atoms with Crippen molar-refractivity contribution in [1.29, 1.82) is 0 Å². The molecule has 2 aromatic rings. The Labute approximate surface area is 124 Å². The first-order valence-corrected chi connectivity index (χ1v) is 7.01. The number of nitrogens with zero attached hydrogens (tertiary/aromatic N) is 1. The van der Waals surface area contributed by atoms with Gasteiger partial charge in [-0.1, -0.05) is 25.4 Å². The van der Waals surface area contributed by atoms with Crippen LogP contribution in [-0.2, 0) is 6.54 Å². The number of halogens is 1. The van der Waals surface area contributed by atoms with E-state index >= 15 is 0 Å². The summed E-state index contributed by atoms with van der Waals surface area (Å²) in [5.41, 5.74) is 8.71. The summed E-state index contributed by atoms with van der Waals surface area (Å²) in [5.74, 6) is 1.82. The zero-order valence-electron chi connectivity index (χ0n) is 12.0. The first-order chi connectivity index (χ1) is 9.52. The van der Waals surface area contributed by atoms with Gasteiger partial charge in [0.05, 0.1) is 6.20 Å². The average molecular weight is 291 g/mol. The van der Waals surface area contributed by atoms with Crippen LogP contribution in [0.1, 0.15) is 36.5 Å². The van der Waals surface area contributed by atoms with Gasteiger partial charge in [-0.15, -0.1) is 0 Å². The second-order valence-corrected chi connectivity index (χ2v) is 5.49. The molecule has 2 N–H and O–H groups in total. The van der Waals surface area contributed by atoms with Crippen LogP contribution in [0.2, 0.25) is 5.02 Å². The lowest BCUT2D eigenvalue weighted by Crippen LogP contribution is -2.01. The summed E-state index contributed by atoms with van der Waals surface area (Å²) in [6.07, 6.45) is 3.40. The van der Waals surface area contributed by atoms with E-state index in [1.54, 1.807) is 12.4 Å². The highest BCUT2D eigenvalue weighted by molar-refractivity contribution is 6.31. The standard InChI is InChI=1S/C16H19ClN2O/c1-10(2)13-7-15(11(3)6-14(13)17)20-16-9-19-5-4-12(16)8-18/h4-7,9-10H,8,18H2,1-3H3. The Hall–Kier alpha value is -1.58. The molecular formula is C16H19ClN2O. The summed E-state index contributed by atoms with van der Waals surface area (Å²) in [6, 6.07) is 5.80. The zero-order chi connectivity index (χ0) is 14.7. The third kappa shape index (κ3) is 3.11. The summed E-state index contributed by atoms with van der Waals surface area (Å²) in [7, 11) is 0. The number of hydrogen-bond acceptors (Lipinski definition) is 3. The molecule has 1 heterocycles. The van der Waals surface area contributed by atoms with Crippen LogP contribution < -0.4 is 10.5 Å². The minimum Gasteiger partial charge on any atom is -0.455 e. The topological polar surface area (TPSA) is 48.1 Å². The van der Waals surface area contributed by atoms with Crippen LogP contribution in [0, 0.1) is 6.92 Å². The Bertz CT molecular complexity index is 611. The van der Waals surface area contributed by atoms with Crippen molar-refractivity contribution in [2.24, 2.45) is 5.73 Å². The van der Waals surface area contributed by atoms with Gasteiger partial charge in [-0.25, -0.2) is 0 Å². The van der Waals surface area contributed by atoms with Crippen molar-refractivity contribution in [3.05, 3.63) is 52.3 Å². The summed E-state index contributed by atoms with van der Waals surface area (Å²) in [6.45, 7) is 6.61. The van der Waals surface area contributed by atoms with Gasteiger partial charge in [-0.05, 0) is 42.2 Å². The number of pyridine rings is 1. The van der Waals surface area contributed by atoms with Crippen molar-refractivity contribution in [3.8, 4) is 11.5 Å². The number of rotatable bonds is 4. The summed E-state index contributed by atoms with van der Waals surface area (Å²) < 4.78 is 5.98. The van der Waals surface area contributed by atoms with Gasteiger partial charge in [0.2, 0.25) is 0 Å². The number of nitrogens with two attached hydrogens (primary N) is 1. The van der Waals surface area contributed by atoms with E-state index in [9.17, 15) is 0 Å². The van der Waals surface area contributed by atoms with Gasteiger partial charge in [-0.2, -0.15) is 0 Å². The molecule has 20 heavy (non-hydrogen) atoms. The van der Waals surface area contributed by atoms with Gasteiger partial charge in [0.1, 0.15) is 11.5 Å². The number of ether oxygens (including phenoxy) is 1. The SMILES string of the molecule is Cc1cc(Cl)c(C(C)C)cc1Oc1cnccc1CN. The summed E-state index contributed by atoms with van der Waals surface area (Å²) in [4.78, 5) is 4.09. The first kappa shape index (κ1) is 14.8. The fraction of sp³-hybridized carbons (Fsp3) is 0.312. The molecule has 0 atom stereocenters. The molecule has 1 aromatic heterocycles. The summed E-state index contributed by atoms with van der Waals surface area (Å²) >= 11 is 6.27. The zero-order valence-corrected chi connectivity index (χ0v) is 12.7. The monoisotopic (exact) mass is 290 g/mol. The van der Waals surface area contributed by atoms with Gasteiger partial charge in [0.25, 0.3) is 0 Å². The highest BCUT2D eigenvalue weighted by atomic mass is 35.5. The number of benzene rings is 1. The second-order valence-electron chi connectivity index (χ2n) is 5.08. The third-order valence-corrected chi connectivity index (χ3v) is 3.55. The Balaban J connectivity index is 2.40. The molecule has 2 rings (SSSR count). The van der Waals surface area contributed by atoms with Crippen LogP contribution in [0.5, 0.6) is 11.5 Å². The van der Waals surface area contributed by atoms with Crippen LogP contribution in [0.25, 0.3) is 0 Å². The van der Waals surface area contributed by atoms with E-state index in [1.165, 1.54) is 0 Å². The average Bonchev–Trinajstić information content (AvgIpc) is 2.42. The number of hydrogen-bond donors (Lipinski definition) is 1. The lowest BCUT2D eigenvalue weighted by molar-refractivity contribution is 0.469. The maximum absolute atomic E-state index is 6.27. The Morgan fingerprint density at radius 3 is 2.70 bits per heavy atom. The van der Waals surface area contributed by atoms with Crippen LogP contribution >= 0.6 is 11.6 Å². The molecule has 0 aliphatic heterocycles. The quantitative estimate of drug-likeness (QED) is 0.907.